The van der Waals surface area contributed by atoms with Crippen LogP contribution in [0.25, 0.3) is 0 Å². The number of nitrogens with zero attached hydrogens (tertiary/aromatic N) is 3. The van der Waals surface area contributed by atoms with E-state index in [0.717, 1.165) is 22.9 Å². The van der Waals surface area contributed by atoms with Gasteiger partial charge < -0.3 is 0 Å². The summed E-state index contributed by atoms with van der Waals surface area (Å²) in [6.45, 7) is 3.00. The molecule has 17 heavy (non-hydrogen) atoms. The van der Waals surface area contributed by atoms with Crippen LogP contribution in [0.1, 0.15) is 29.4 Å². The third-order valence-corrected chi connectivity index (χ3v) is 4.59. The Kier molecular flexibility index (Phi) is 4.50. The van der Waals surface area contributed by atoms with E-state index in [1.165, 1.54) is 0 Å². The molecule has 6 heteroatoms. The molecule has 0 radical (unpaired) electrons. The zero-order valence-corrected chi connectivity index (χ0v) is 12.1. The minimum atomic E-state index is 0.290. The van der Waals surface area contributed by atoms with Crippen molar-refractivity contribution in [3.63, 3.8) is 0 Å². The standard InChI is InChI=1S/C11H14ClN3S2/c1-8(11-14-9(3-12)6-17-11)15(2)4-10-5-16-7-13-10/h5-8H,3-4H2,1-2H3. The first kappa shape index (κ1) is 13.0. The van der Waals surface area contributed by atoms with Gasteiger partial charge in [-0.05, 0) is 14.0 Å². The summed E-state index contributed by atoms with van der Waals surface area (Å²) in [6.07, 6.45) is 0. The molecule has 0 bridgehead atoms. The van der Waals surface area contributed by atoms with Crippen LogP contribution in [0.5, 0.6) is 0 Å². The van der Waals surface area contributed by atoms with E-state index in [0.29, 0.717) is 11.9 Å². The van der Waals surface area contributed by atoms with E-state index in [2.05, 4.69) is 34.2 Å². The van der Waals surface area contributed by atoms with E-state index >= 15 is 0 Å². The fourth-order valence-corrected chi connectivity index (χ4v) is 3.19. The smallest absolute Gasteiger partial charge is 0.110 e. The fourth-order valence-electron chi connectivity index (χ4n) is 1.47. The number of hydrogen-bond acceptors (Lipinski definition) is 5. The van der Waals surface area contributed by atoms with Crippen LogP contribution in [0.15, 0.2) is 16.3 Å². The topological polar surface area (TPSA) is 29.0 Å². The molecule has 2 rings (SSSR count). The minimum Gasteiger partial charge on any atom is -0.291 e. The number of aromatic nitrogens is 2. The average molecular weight is 288 g/mol. The van der Waals surface area contributed by atoms with Gasteiger partial charge in [0, 0.05) is 17.3 Å². The Morgan fingerprint density at radius 2 is 2.24 bits per heavy atom. The second kappa shape index (κ2) is 5.91. The lowest BCUT2D eigenvalue weighted by atomic mass is 10.3. The van der Waals surface area contributed by atoms with Crippen LogP contribution in [-0.2, 0) is 12.4 Å². The summed E-state index contributed by atoms with van der Waals surface area (Å²) in [5.41, 5.74) is 3.93. The van der Waals surface area contributed by atoms with E-state index < -0.39 is 0 Å². The van der Waals surface area contributed by atoms with Gasteiger partial charge in [0.25, 0.3) is 0 Å². The predicted octanol–water partition coefficient (Wildman–Crippen LogP) is 3.53. The van der Waals surface area contributed by atoms with Crippen molar-refractivity contribution < 1.29 is 0 Å². The lowest BCUT2D eigenvalue weighted by Gasteiger charge is -2.21. The first-order valence-corrected chi connectivity index (χ1v) is 7.64. The molecule has 3 nitrogen and oxygen atoms in total. The molecule has 0 saturated heterocycles. The van der Waals surface area contributed by atoms with Gasteiger partial charge in [-0.15, -0.1) is 34.3 Å². The van der Waals surface area contributed by atoms with Crippen molar-refractivity contribution >= 4 is 34.3 Å². The molecule has 0 aromatic carbocycles. The third-order valence-electron chi connectivity index (χ3n) is 2.62. The molecule has 2 heterocycles. The van der Waals surface area contributed by atoms with Crippen molar-refractivity contribution in [2.45, 2.75) is 25.4 Å². The molecule has 0 aliphatic heterocycles. The largest absolute Gasteiger partial charge is 0.291 e. The van der Waals surface area contributed by atoms with Crippen molar-refractivity contribution in [1.82, 2.24) is 14.9 Å². The van der Waals surface area contributed by atoms with Gasteiger partial charge in [0.05, 0.1) is 28.8 Å². The lowest BCUT2D eigenvalue weighted by Crippen LogP contribution is -2.22. The summed E-state index contributed by atoms with van der Waals surface area (Å²) in [5.74, 6) is 0.485. The maximum absolute atomic E-state index is 5.76. The van der Waals surface area contributed by atoms with Gasteiger partial charge in [0.2, 0.25) is 0 Å². The summed E-state index contributed by atoms with van der Waals surface area (Å²) in [5, 5.41) is 5.21. The second-order valence-electron chi connectivity index (χ2n) is 3.88. The Bertz CT molecular complexity index is 455. The second-order valence-corrected chi connectivity index (χ2v) is 5.76. The number of hydrogen-bond donors (Lipinski definition) is 0. The third kappa shape index (κ3) is 3.25. The number of rotatable bonds is 5. The average Bonchev–Trinajstić information content (AvgIpc) is 2.98. The maximum Gasteiger partial charge on any atom is 0.110 e. The van der Waals surface area contributed by atoms with Gasteiger partial charge in [-0.3, -0.25) is 4.90 Å². The molecule has 1 unspecified atom stereocenters. The summed E-state index contributed by atoms with van der Waals surface area (Å²) in [6, 6.07) is 0.290. The molecule has 92 valence electrons. The molecule has 2 aromatic rings. The van der Waals surface area contributed by atoms with Gasteiger partial charge in [-0.1, -0.05) is 0 Å². The van der Waals surface area contributed by atoms with Gasteiger partial charge in [0.15, 0.2) is 0 Å². The van der Waals surface area contributed by atoms with E-state index in [9.17, 15) is 0 Å². The highest BCUT2D eigenvalue weighted by atomic mass is 35.5. The molecule has 0 saturated carbocycles. The van der Waals surface area contributed by atoms with Gasteiger partial charge in [-0.2, -0.15) is 0 Å². The van der Waals surface area contributed by atoms with E-state index in [1.54, 1.807) is 22.7 Å². The van der Waals surface area contributed by atoms with Crippen molar-refractivity contribution in [2.24, 2.45) is 0 Å². The molecule has 1 atom stereocenters. The van der Waals surface area contributed by atoms with Crippen LogP contribution in [-0.4, -0.2) is 21.9 Å². The SMILES string of the molecule is CC(c1nc(CCl)cs1)N(C)Cc1cscn1. The Balaban J connectivity index is 2.01. The first-order valence-electron chi connectivity index (χ1n) is 5.28. The van der Waals surface area contributed by atoms with Crippen LogP contribution >= 0.6 is 34.3 Å². The Hall–Kier alpha value is -0.490. The van der Waals surface area contributed by atoms with Crippen molar-refractivity contribution in [3.05, 3.63) is 32.7 Å². The molecular formula is C11H14ClN3S2. The predicted molar refractivity (Wildman–Crippen MR) is 73.7 cm³/mol. The molecule has 0 spiro atoms. The lowest BCUT2D eigenvalue weighted by molar-refractivity contribution is 0.250. The van der Waals surface area contributed by atoms with E-state index in [-0.39, 0.29) is 0 Å². The normalized spacial score (nSPS) is 13.2. The van der Waals surface area contributed by atoms with Crippen LogP contribution in [0.4, 0.5) is 0 Å². The monoisotopic (exact) mass is 287 g/mol. The molecule has 0 aliphatic rings. The number of thiazole rings is 2. The minimum absolute atomic E-state index is 0.290. The Labute approximate surface area is 114 Å². The maximum atomic E-state index is 5.76. The molecule has 0 N–H and O–H groups in total. The van der Waals surface area contributed by atoms with Gasteiger partial charge in [-0.25, -0.2) is 9.97 Å². The zero-order chi connectivity index (χ0) is 12.3. The molecule has 2 aromatic heterocycles. The zero-order valence-electron chi connectivity index (χ0n) is 9.76. The number of alkyl halides is 1. The number of halogens is 1. The van der Waals surface area contributed by atoms with Gasteiger partial charge >= 0.3 is 0 Å². The summed E-state index contributed by atoms with van der Waals surface area (Å²) >= 11 is 9.06. The molecular weight excluding hydrogens is 274 g/mol. The highest BCUT2D eigenvalue weighted by Gasteiger charge is 2.16. The van der Waals surface area contributed by atoms with Crippen LogP contribution in [0, 0.1) is 0 Å². The fraction of sp³-hybridized carbons (Fsp3) is 0.455. The van der Waals surface area contributed by atoms with Crippen molar-refractivity contribution in [3.8, 4) is 0 Å². The quantitative estimate of drug-likeness (QED) is 0.788. The summed E-state index contributed by atoms with van der Waals surface area (Å²) < 4.78 is 0. The van der Waals surface area contributed by atoms with E-state index in [1.807, 2.05) is 10.9 Å². The van der Waals surface area contributed by atoms with Crippen LogP contribution in [0.3, 0.4) is 0 Å². The Morgan fingerprint density at radius 3 is 2.82 bits per heavy atom. The first-order chi connectivity index (χ1) is 8.20. The highest BCUT2D eigenvalue weighted by molar-refractivity contribution is 7.09. The molecule has 0 amide bonds. The van der Waals surface area contributed by atoms with Crippen LogP contribution in [0.2, 0.25) is 0 Å². The van der Waals surface area contributed by atoms with Crippen molar-refractivity contribution in [2.75, 3.05) is 7.05 Å². The molecule has 0 fully saturated rings. The summed E-state index contributed by atoms with van der Waals surface area (Å²) in [4.78, 5) is 11.0. The molecule has 0 aliphatic carbocycles. The highest BCUT2D eigenvalue weighted by Crippen LogP contribution is 2.24. The Morgan fingerprint density at radius 1 is 1.41 bits per heavy atom. The summed E-state index contributed by atoms with van der Waals surface area (Å²) in [7, 11) is 2.09. The van der Waals surface area contributed by atoms with Crippen LogP contribution < -0.4 is 0 Å². The van der Waals surface area contributed by atoms with E-state index in [4.69, 9.17) is 11.6 Å². The van der Waals surface area contributed by atoms with Gasteiger partial charge in [0.1, 0.15) is 5.01 Å². The van der Waals surface area contributed by atoms with Crippen molar-refractivity contribution in [1.29, 1.82) is 0 Å².